The SMILES string of the molecule is CCC(=O)CC(Br)CC(=O)O. The lowest BCUT2D eigenvalue weighted by Gasteiger charge is -2.03. The quantitative estimate of drug-likeness (QED) is 0.720. The van der Waals surface area contributed by atoms with Gasteiger partial charge in [-0.25, -0.2) is 0 Å². The normalized spacial score (nSPS) is 12.5. The zero-order chi connectivity index (χ0) is 8.85. The van der Waals surface area contributed by atoms with Crippen LogP contribution >= 0.6 is 15.9 Å². The lowest BCUT2D eigenvalue weighted by Crippen LogP contribution is -2.11. The highest BCUT2D eigenvalue weighted by atomic mass is 79.9. The molecule has 11 heavy (non-hydrogen) atoms. The minimum absolute atomic E-state index is 0.00569. The topological polar surface area (TPSA) is 54.4 Å². The first-order valence-corrected chi connectivity index (χ1v) is 4.35. The predicted molar refractivity (Wildman–Crippen MR) is 44.9 cm³/mol. The molecule has 0 fully saturated rings. The molecule has 64 valence electrons. The number of carbonyl (C=O) groups excluding carboxylic acids is 1. The van der Waals surface area contributed by atoms with Gasteiger partial charge in [-0.1, -0.05) is 22.9 Å². The van der Waals surface area contributed by atoms with E-state index in [9.17, 15) is 9.59 Å². The monoisotopic (exact) mass is 222 g/mol. The molecule has 1 atom stereocenters. The second-order valence-electron chi connectivity index (χ2n) is 2.29. The minimum Gasteiger partial charge on any atom is -0.481 e. The lowest BCUT2D eigenvalue weighted by atomic mass is 10.1. The van der Waals surface area contributed by atoms with E-state index < -0.39 is 5.97 Å². The molecule has 0 aromatic rings. The molecule has 0 saturated carbocycles. The summed E-state index contributed by atoms with van der Waals surface area (Å²) >= 11 is 3.12. The van der Waals surface area contributed by atoms with E-state index in [-0.39, 0.29) is 17.0 Å². The zero-order valence-corrected chi connectivity index (χ0v) is 7.93. The Morgan fingerprint density at radius 3 is 2.36 bits per heavy atom. The third-order valence-electron chi connectivity index (χ3n) is 1.24. The van der Waals surface area contributed by atoms with Crippen LogP contribution in [0.4, 0.5) is 0 Å². The van der Waals surface area contributed by atoms with Gasteiger partial charge in [-0.3, -0.25) is 9.59 Å². The summed E-state index contributed by atoms with van der Waals surface area (Å²) < 4.78 is 0. The number of Topliss-reactive ketones (excluding diaryl/α,β-unsaturated/α-hetero) is 1. The smallest absolute Gasteiger partial charge is 0.304 e. The number of hydrogen-bond acceptors (Lipinski definition) is 2. The number of halogens is 1. The molecule has 0 rings (SSSR count). The van der Waals surface area contributed by atoms with Gasteiger partial charge < -0.3 is 5.11 Å². The van der Waals surface area contributed by atoms with Crippen LogP contribution in [0, 0.1) is 0 Å². The van der Waals surface area contributed by atoms with Gasteiger partial charge >= 0.3 is 5.97 Å². The third kappa shape index (κ3) is 6.04. The number of carbonyl (C=O) groups is 2. The maximum absolute atomic E-state index is 10.8. The van der Waals surface area contributed by atoms with Crippen molar-refractivity contribution in [3.05, 3.63) is 0 Å². The van der Waals surface area contributed by atoms with Gasteiger partial charge in [0, 0.05) is 17.7 Å². The second-order valence-corrected chi connectivity index (χ2v) is 3.59. The van der Waals surface area contributed by atoms with E-state index in [0.29, 0.717) is 12.8 Å². The van der Waals surface area contributed by atoms with Crippen LogP contribution in [0.25, 0.3) is 0 Å². The number of alkyl halides is 1. The Kier molecular flexibility index (Phi) is 5.11. The second kappa shape index (κ2) is 5.29. The van der Waals surface area contributed by atoms with Crippen LogP contribution in [0.1, 0.15) is 26.2 Å². The minimum atomic E-state index is -0.879. The predicted octanol–water partition coefficient (Wildman–Crippen LogP) is 1.59. The van der Waals surface area contributed by atoms with Gasteiger partial charge in [0.2, 0.25) is 0 Å². The largest absolute Gasteiger partial charge is 0.481 e. The van der Waals surface area contributed by atoms with Crippen molar-refractivity contribution in [2.75, 3.05) is 0 Å². The first kappa shape index (κ1) is 10.6. The molecule has 0 radical (unpaired) electrons. The summed E-state index contributed by atoms with van der Waals surface area (Å²) in [5.74, 6) is -0.788. The molecule has 0 aliphatic rings. The summed E-state index contributed by atoms with van der Waals surface area (Å²) in [6, 6.07) is 0. The van der Waals surface area contributed by atoms with Crippen molar-refractivity contribution in [1.29, 1.82) is 0 Å². The highest BCUT2D eigenvalue weighted by molar-refractivity contribution is 9.09. The van der Waals surface area contributed by atoms with Crippen LogP contribution < -0.4 is 0 Å². The maximum Gasteiger partial charge on any atom is 0.304 e. The number of carboxylic acids is 1. The molecule has 0 amide bonds. The highest BCUT2D eigenvalue weighted by Crippen LogP contribution is 2.11. The Balaban J connectivity index is 3.60. The summed E-state index contributed by atoms with van der Waals surface area (Å²) in [5.41, 5.74) is 0. The van der Waals surface area contributed by atoms with Crippen molar-refractivity contribution in [1.82, 2.24) is 0 Å². The molecule has 0 aliphatic heterocycles. The van der Waals surface area contributed by atoms with Gasteiger partial charge in [-0.05, 0) is 0 Å². The molecule has 0 saturated heterocycles. The molecule has 3 nitrogen and oxygen atoms in total. The van der Waals surface area contributed by atoms with E-state index >= 15 is 0 Å². The number of ketones is 1. The summed E-state index contributed by atoms with van der Waals surface area (Å²) in [5, 5.41) is 8.33. The van der Waals surface area contributed by atoms with Gasteiger partial charge in [-0.2, -0.15) is 0 Å². The Hall–Kier alpha value is -0.380. The van der Waals surface area contributed by atoms with Crippen molar-refractivity contribution in [2.24, 2.45) is 0 Å². The van der Waals surface area contributed by atoms with Crippen molar-refractivity contribution < 1.29 is 14.7 Å². The lowest BCUT2D eigenvalue weighted by molar-refractivity contribution is -0.136. The maximum atomic E-state index is 10.8. The fourth-order valence-electron chi connectivity index (χ4n) is 0.653. The Morgan fingerprint density at radius 2 is 2.00 bits per heavy atom. The zero-order valence-electron chi connectivity index (χ0n) is 6.34. The van der Waals surface area contributed by atoms with Crippen LogP contribution in [0.15, 0.2) is 0 Å². The van der Waals surface area contributed by atoms with Crippen LogP contribution in [0.5, 0.6) is 0 Å². The van der Waals surface area contributed by atoms with Gasteiger partial charge in [-0.15, -0.1) is 0 Å². The van der Waals surface area contributed by atoms with Gasteiger partial charge in [0.25, 0.3) is 0 Å². The van der Waals surface area contributed by atoms with E-state index in [1.165, 1.54) is 0 Å². The highest BCUT2D eigenvalue weighted by Gasteiger charge is 2.12. The van der Waals surface area contributed by atoms with Gasteiger partial charge in [0.15, 0.2) is 0 Å². The molecule has 0 aromatic heterocycles. The van der Waals surface area contributed by atoms with Crippen molar-refractivity contribution in [2.45, 2.75) is 31.0 Å². The van der Waals surface area contributed by atoms with E-state index in [4.69, 9.17) is 5.11 Å². The van der Waals surface area contributed by atoms with Gasteiger partial charge in [0.05, 0.1) is 6.42 Å². The average molecular weight is 223 g/mol. The standard InChI is InChI=1S/C7H11BrO3/c1-2-6(9)3-5(8)4-7(10)11/h5H,2-4H2,1H3,(H,10,11). The molecule has 1 N–H and O–H groups in total. The van der Waals surface area contributed by atoms with E-state index in [1.807, 2.05) is 0 Å². The molecule has 0 heterocycles. The average Bonchev–Trinajstić information content (AvgIpc) is 1.85. The van der Waals surface area contributed by atoms with E-state index in [2.05, 4.69) is 15.9 Å². The van der Waals surface area contributed by atoms with Gasteiger partial charge in [0.1, 0.15) is 5.78 Å². The van der Waals surface area contributed by atoms with Crippen LogP contribution in [0.3, 0.4) is 0 Å². The van der Waals surface area contributed by atoms with Crippen LogP contribution in [0.2, 0.25) is 0 Å². The number of carboxylic acid groups (broad SMARTS) is 1. The summed E-state index contributed by atoms with van der Waals surface area (Å²) in [6.07, 6.45) is 0.788. The Morgan fingerprint density at radius 1 is 1.45 bits per heavy atom. The molecule has 0 aromatic carbocycles. The number of aliphatic carboxylic acids is 1. The van der Waals surface area contributed by atoms with Crippen molar-refractivity contribution >= 4 is 27.7 Å². The van der Waals surface area contributed by atoms with E-state index in [1.54, 1.807) is 6.92 Å². The fraction of sp³-hybridized carbons (Fsp3) is 0.714. The summed E-state index contributed by atoms with van der Waals surface area (Å²) in [6.45, 7) is 1.77. The Labute approximate surface area is 73.9 Å². The summed E-state index contributed by atoms with van der Waals surface area (Å²) in [7, 11) is 0. The van der Waals surface area contributed by atoms with Crippen LogP contribution in [-0.4, -0.2) is 21.7 Å². The fourth-order valence-corrected chi connectivity index (χ4v) is 1.29. The molecule has 0 aliphatic carbocycles. The molecule has 1 unspecified atom stereocenters. The van der Waals surface area contributed by atoms with Crippen molar-refractivity contribution in [3.8, 4) is 0 Å². The number of rotatable bonds is 5. The molecule has 0 bridgehead atoms. The van der Waals surface area contributed by atoms with Crippen LogP contribution in [-0.2, 0) is 9.59 Å². The number of hydrogen-bond donors (Lipinski definition) is 1. The van der Waals surface area contributed by atoms with E-state index in [0.717, 1.165) is 0 Å². The molecule has 4 heteroatoms. The first-order valence-electron chi connectivity index (χ1n) is 3.43. The molecule has 0 spiro atoms. The molecular formula is C7H11BrO3. The first-order chi connectivity index (χ1) is 5.06. The Bertz CT molecular complexity index is 156. The summed E-state index contributed by atoms with van der Waals surface area (Å²) in [4.78, 5) is 20.7. The third-order valence-corrected chi connectivity index (χ3v) is 1.89. The molecular weight excluding hydrogens is 212 g/mol. The van der Waals surface area contributed by atoms with Crippen molar-refractivity contribution in [3.63, 3.8) is 0 Å².